The van der Waals surface area contributed by atoms with Crippen molar-refractivity contribution in [1.82, 2.24) is 10.2 Å². The first kappa shape index (κ1) is 23.6. The largest absolute Gasteiger partial charge is 0.326 e. The van der Waals surface area contributed by atoms with Crippen LogP contribution in [-0.2, 0) is 11.3 Å². The SMILES string of the molecule is Cl.Cl.O=C(CCC1CCNCC1)Nc1ccccc1CN1CCSCC1. The zero-order valence-electron chi connectivity index (χ0n) is 15.2. The van der Waals surface area contributed by atoms with E-state index < -0.39 is 0 Å². The van der Waals surface area contributed by atoms with Gasteiger partial charge in [0.1, 0.15) is 0 Å². The third-order valence-electron chi connectivity index (χ3n) is 5.03. The number of hydrogen-bond donors (Lipinski definition) is 2. The molecule has 0 aromatic heterocycles. The predicted molar refractivity (Wildman–Crippen MR) is 117 cm³/mol. The number of carbonyl (C=O) groups excluding carboxylic acids is 1. The molecule has 2 N–H and O–H groups in total. The summed E-state index contributed by atoms with van der Waals surface area (Å²) in [6, 6.07) is 8.26. The summed E-state index contributed by atoms with van der Waals surface area (Å²) in [4.78, 5) is 14.8. The first-order valence-corrected chi connectivity index (χ1v) is 10.4. The van der Waals surface area contributed by atoms with Crippen LogP contribution in [0.5, 0.6) is 0 Å². The van der Waals surface area contributed by atoms with Crippen LogP contribution in [0.25, 0.3) is 0 Å². The minimum atomic E-state index is 0. The normalized spacial score (nSPS) is 18.5. The highest BCUT2D eigenvalue weighted by Crippen LogP contribution is 2.21. The fourth-order valence-electron chi connectivity index (χ4n) is 3.50. The number of rotatable bonds is 6. The summed E-state index contributed by atoms with van der Waals surface area (Å²) in [7, 11) is 0. The molecule has 2 fully saturated rings. The van der Waals surface area contributed by atoms with Crippen molar-refractivity contribution in [3.63, 3.8) is 0 Å². The predicted octanol–water partition coefficient (Wildman–Crippen LogP) is 3.80. The summed E-state index contributed by atoms with van der Waals surface area (Å²) >= 11 is 2.03. The second-order valence-electron chi connectivity index (χ2n) is 6.83. The number of halogens is 2. The molecule has 0 atom stereocenters. The van der Waals surface area contributed by atoms with Crippen molar-refractivity contribution < 1.29 is 4.79 Å². The fourth-order valence-corrected chi connectivity index (χ4v) is 4.48. The van der Waals surface area contributed by atoms with E-state index in [9.17, 15) is 4.79 Å². The lowest BCUT2D eigenvalue weighted by atomic mass is 9.93. The quantitative estimate of drug-likeness (QED) is 0.735. The smallest absolute Gasteiger partial charge is 0.224 e. The molecule has 0 spiro atoms. The van der Waals surface area contributed by atoms with E-state index in [1.165, 1.54) is 29.9 Å². The van der Waals surface area contributed by atoms with Crippen molar-refractivity contribution in [3.8, 4) is 0 Å². The van der Waals surface area contributed by atoms with Crippen LogP contribution in [0.2, 0.25) is 0 Å². The molecule has 2 heterocycles. The molecule has 1 amide bonds. The van der Waals surface area contributed by atoms with Gasteiger partial charge in [-0.25, -0.2) is 0 Å². The lowest BCUT2D eigenvalue weighted by Crippen LogP contribution is -2.32. The lowest BCUT2D eigenvalue weighted by Gasteiger charge is -2.27. The van der Waals surface area contributed by atoms with Gasteiger partial charge in [-0.2, -0.15) is 11.8 Å². The van der Waals surface area contributed by atoms with Crippen LogP contribution in [0.4, 0.5) is 5.69 Å². The van der Waals surface area contributed by atoms with Crippen molar-refractivity contribution in [3.05, 3.63) is 29.8 Å². The monoisotopic (exact) mass is 419 g/mol. The molecule has 7 heteroatoms. The standard InChI is InChI=1S/C19H29N3OS.2ClH/c23-19(6-5-16-7-9-20-10-8-16)21-18-4-2-1-3-17(18)15-22-11-13-24-14-12-22;;/h1-4,16,20H,5-15H2,(H,21,23);2*1H. The molecular weight excluding hydrogens is 389 g/mol. The van der Waals surface area contributed by atoms with E-state index >= 15 is 0 Å². The maximum Gasteiger partial charge on any atom is 0.224 e. The average molecular weight is 420 g/mol. The van der Waals surface area contributed by atoms with Gasteiger partial charge in [0.2, 0.25) is 5.91 Å². The Labute approximate surface area is 174 Å². The number of thioether (sulfide) groups is 1. The molecule has 0 bridgehead atoms. The van der Waals surface area contributed by atoms with Gasteiger partial charge >= 0.3 is 0 Å². The van der Waals surface area contributed by atoms with E-state index in [2.05, 4.69) is 27.7 Å². The molecule has 1 aromatic carbocycles. The number of hydrogen-bond acceptors (Lipinski definition) is 4. The van der Waals surface area contributed by atoms with Gasteiger partial charge < -0.3 is 10.6 Å². The van der Waals surface area contributed by atoms with Crippen LogP contribution in [-0.4, -0.2) is 48.5 Å². The molecule has 148 valence electrons. The molecule has 0 saturated carbocycles. The van der Waals surface area contributed by atoms with Gasteiger partial charge in [0.15, 0.2) is 0 Å². The van der Waals surface area contributed by atoms with E-state index in [-0.39, 0.29) is 30.7 Å². The van der Waals surface area contributed by atoms with Crippen LogP contribution in [0.1, 0.15) is 31.2 Å². The summed E-state index contributed by atoms with van der Waals surface area (Å²) in [6.45, 7) is 5.42. The van der Waals surface area contributed by atoms with E-state index in [0.717, 1.165) is 44.8 Å². The average Bonchev–Trinajstić information content (AvgIpc) is 2.63. The molecule has 2 saturated heterocycles. The number of benzene rings is 1. The molecule has 0 unspecified atom stereocenters. The summed E-state index contributed by atoms with van der Waals surface area (Å²) < 4.78 is 0. The Hall–Kier alpha value is -0.460. The number of nitrogens with one attached hydrogen (secondary N) is 2. The zero-order valence-corrected chi connectivity index (χ0v) is 17.7. The Morgan fingerprint density at radius 2 is 1.85 bits per heavy atom. The molecule has 3 rings (SSSR count). The Kier molecular flexibility index (Phi) is 11.6. The Bertz CT molecular complexity index is 535. The maximum atomic E-state index is 12.4. The van der Waals surface area contributed by atoms with Crippen molar-refractivity contribution >= 4 is 48.2 Å². The Balaban J connectivity index is 0.00000169. The van der Waals surface area contributed by atoms with Gasteiger partial charge in [-0.15, -0.1) is 24.8 Å². The number of nitrogens with zero attached hydrogens (tertiary/aromatic N) is 1. The first-order valence-electron chi connectivity index (χ1n) is 9.20. The number of anilines is 1. The van der Waals surface area contributed by atoms with Gasteiger partial charge in [0, 0.05) is 43.2 Å². The molecular formula is C19H31Cl2N3OS. The second-order valence-corrected chi connectivity index (χ2v) is 8.05. The van der Waals surface area contributed by atoms with E-state index in [1.54, 1.807) is 0 Å². The van der Waals surface area contributed by atoms with Gasteiger partial charge in [-0.3, -0.25) is 9.69 Å². The summed E-state index contributed by atoms with van der Waals surface area (Å²) in [5, 5.41) is 6.53. The fraction of sp³-hybridized carbons (Fsp3) is 0.632. The number of amides is 1. The molecule has 2 aliphatic heterocycles. The lowest BCUT2D eigenvalue weighted by molar-refractivity contribution is -0.116. The molecule has 1 aromatic rings. The summed E-state index contributed by atoms with van der Waals surface area (Å²) in [6.07, 6.45) is 4.06. The zero-order chi connectivity index (χ0) is 16.6. The maximum absolute atomic E-state index is 12.4. The van der Waals surface area contributed by atoms with E-state index in [1.807, 2.05) is 23.9 Å². The summed E-state index contributed by atoms with van der Waals surface area (Å²) in [5.41, 5.74) is 2.23. The highest BCUT2D eigenvalue weighted by atomic mass is 35.5. The van der Waals surface area contributed by atoms with Crippen molar-refractivity contribution in [2.24, 2.45) is 5.92 Å². The molecule has 0 aliphatic carbocycles. The van der Waals surface area contributed by atoms with Crippen LogP contribution < -0.4 is 10.6 Å². The highest BCUT2D eigenvalue weighted by molar-refractivity contribution is 7.99. The van der Waals surface area contributed by atoms with Gasteiger partial charge in [0.05, 0.1) is 0 Å². The Morgan fingerprint density at radius 1 is 1.15 bits per heavy atom. The Morgan fingerprint density at radius 3 is 2.58 bits per heavy atom. The van der Waals surface area contributed by atoms with Gasteiger partial charge in [0.25, 0.3) is 0 Å². The van der Waals surface area contributed by atoms with Crippen molar-refractivity contribution in [2.75, 3.05) is 43.0 Å². The van der Waals surface area contributed by atoms with Crippen LogP contribution >= 0.6 is 36.6 Å². The topological polar surface area (TPSA) is 44.4 Å². The molecule has 2 aliphatic rings. The van der Waals surface area contributed by atoms with Crippen molar-refractivity contribution in [1.29, 1.82) is 0 Å². The van der Waals surface area contributed by atoms with E-state index in [4.69, 9.17) is 0 Å². The van der Waals surface area contributed by atoms with Crippen molar-refractivity contribution in [2.45, 2.75) is 32.2 Å². The van der Waals surface area contributed by atoms with Crippen LogP contribution in [0.3, 0.4) is 0 Å². The molecule has 4 nitrogen and oxygen atoms in total. The highest BCUT2D eigenvalue weighted by Gasteiger charge is 2.16. The minimum Gasteiger partial charge on any atom is -0.326 e. The third-order valence-corrected chi connectivity index (χ3v) is 5.97. The second kappa shape index (κ2) is 12.8. The number of piperidine rings is 1. The number of para-hydroxylation sites is 1. The minimum absolute atomic E-state index is 0. The third kappa shape index (κ3) is 7.65. The number of carbonyl (C=O) groups is 1. The van der Waals surface area contributed by atoms with Crippen LogP contribution in [0, 0.1) is 5.92 Å². The van der Waals surface area contributed by atoms with E-state index in [0.29, 0.717) is 12.3 Å². The first-order chi connectivity index (χ1) is 11.8. The molecule has 26 heavy (non-hydrogen) atoms. The summed E-state index contributed by atoms with van der Waals surface area (Å²) in [5.74, 6) is 3.29. The van der Waals surface area contributed by atoms with Gasteiger partial charge in [-0.1, -0.05) is 18.2 Å². The van der Waals surface area contributed by atoms with Gasteiger partial charge in [-0.05, 0) is 49.9 Å². The molecule has 0 radical (unpaired) electrons. The van der Waals surface area contributed by atoms with Crippen LogP contribution in [0.15, 0.2) is 24.3 Å².